The van der Waals surface area contributed by atoms with E-state index in [9.17, 15) is 23.1 Å². The van der Waals surface area contributed by atoms with Crippen LogP contribution < -0.4 is 5.14 Å². The zero-order valence-electron chi connectivity index (χ0n) is 12.2. The summed E-state index contributed by atoms with van der Waals surface area (Å²) in [5.41, 5.74) is 0.726. The first-order valence-electron chi connectivity index (χ1n) is 6.93. The lowest BCUT2D eigenvalue weighted by Gasteiger charge is -2.25. The van der Waals surface area contributed by atoms with Gasteiger partial charge < -0.3 is 10.0 Å². The number of carbonyl (C=O) groups excluding carboxylic acids is 1. The second-order valence-electron chi connectivity index (χ2n) is 5.63. The van der Waals surface area contributed by atoms with Gasteiger partial charge in [-0.1, -0.05) is 23.7 Å². The Labute approximate surface area is 139 Å². The fourth-order valence-electron chi connectivity index (χ4n) is 2.72. The van der Waals surface area contributed by atoms with Crippen molar-refractivity contribution in [3.05, 3.63) is 34.9 Å². The summed E-state index contributed by atoms with van der Waals surface area (Å²) in [5.74, 6) is -2.32. The van der Waals surface area contributed by atoms with Gasteiger partial charge in [0.1, 0.15) is 6.04 Å². The smallest absolute Gasteiger partial charge is 0.326 e. The predicted molar refractivity (Wildman–Crippen MR) is 84.4 cm³/mol. The Morgan fingerprint density at radius 3 is 2.52 bits per heavy atom. The third-order valence-electron chi connectivity index (χ3n) is 3.71. The summed E-state index contributed by atoms with van der Waals surface area (Å²) >= 11 is 5.79. The molecule has 1 fully saturated rings. The van der Waals surface area contributed by atoms with E-state index in [0.717, 1.165) is 5.56 Å². The topological polar surface area (TPSA) is 118 Å². The maximum Gasteiger partial charge on any atom is 0.326 e. The van der Waals surface area contributed by atoms with Crippen molar-refractivity contribution in [2.45, 2.75) is 18.9 Å². The number of sulfonamides is 1. The second kappa shape index (κ2) is 6.86. The number of amides is 1. The van der Waals surface area contributed by atoms with Gasteiger partial charge in [0.15, 0.2) is 0 Å². The van der Waals surface area contributed by atoms with E-state index in [1.54, 1.807) is 24.3 Å². The fourth-order valence-corrected chi connectivity index (χ4v) is 3.73. The molecule has 2 unspecified atom stereocenters. The van der Waals surface area contributed by atoms with Gasteiger partial charge in [0.25, 0.3) is 0 Å². The van der Waals surface area contributed by atoms with Crippen molar-refractivity contribution >= 4 is 33.5 Å². The van der Waals surface area contributed by atoms with Crippen LogP contribution in [0.15, 0.2) is 24.3 Å². The van der Waals surface area contributed by atoms with E-state index < -0.39 is 28.0 Å². The molecule has 1 aromatic carbocycles. The zero-order chi connectivity index (χ0) is 17.2. The van der Waals surface area contributed by atoms with Crippen molar-refractivity contribution in [1.82, 2.24) is 4.90 Å². The van der Waals surface area contributed by atoms with Crippen molar-refractivity contribution in [2.75, 3.05) is 12.3 Å². The van der Waals surface area contributed by atoms with Crippen LogP contribution in [0.25, 0.3) is 0 Å². The number of primary sulfonamides is 1. The normalized spacial score (nSPS) is 19.8. The highest BCUT2D eigenvalue weighted by molar-refractivity contribution is 7.89. The molecule has 1 aromatic rings. The zero-order valence-corrected chi connectivity index (χ0v) is 13.8. The van der Waals surface area contributed by atoms with Gasteiger partial charge in [-0.25, -0.2) is 18.4 Å². The van der Waals surface area contributed by atoms with E-state index in [4.69, 9.17) is 16.7 Å². The summed E-state index contributed by atoms with van der Waals surface area (Å²) in [7, 11) is -3.70. The molecule has 23 heavy (non-hydrogen) atoms. The number of carboxylic acids is 1. The molecule has 0 aliphatic carbocycles. The van der Waals surface area contributed by atoms with Crippen LogP contribution in [0.3, 0.4) is 0 Å². The fraction of sp³-hybridized carbons (Fsp3) is 0.429. The first-order chi connectivity index (χ1) is 10.7. The summed E-state index contributed by atoms with van der Waals surface area (Å²) in [6.45, 7) is 0.0693. The van der Waals surface area contributed by atoms with Crippen LogP contribution in [0.1, 0.15) is 12.0 Å². The lowest BCUT2D eigenvalue weighted by molar-refractivity contribution is -0.148. The van der Waals surface area contributed by atoms with Gasteiger partial charge in [-0.2, -0.15) is 0 Å². The first-order valence-corrected chi connectivity index (χ1v) is 9.02. The minimum Gasteiger partial charge on any atom is -0.480 e. The maximum atomic E-state index is 12.1. The molecule has 0 saturated carbocycles. The number of benzene rings is 1. The second-order valence-corrected chi connectivity index (χ2v) is 7.73. The lowest BCUT2D eigenvalue weighted by atomic mass is 10.0. The number of nitrogens with two attached hydrogens (primary N) is 1. The Kier molecular flexibility index (Phi) is 5.28. The standard InChI is InChI=1S/C14H17ClN2O5S/c15-11-3-1-9(2-4-11)5-12(14(19)20)17-7-10(6-13(17)18)8-23(16,21)22/h1-4,10,12H,5-8H2,(H,19,20)(H2,16,21,22). The van der Waals surface area contributed by atoms with Gasteiger partial charge >= 0.3 is 5.97 Å². The van der Waals surface area contributed by atoms with Crippen molar-refractivity contribution in [3.63, 3.8) is 0 Å². The number of rotatable bonds is 6. The molecule has 1 aliphatic rings. The number of halogens is 1. The molecular weight excluding hydrogens is 344 g/mol. The molecule has 1 heterocycles. The molecule has 1 aliphatic heterocycles. The van der Waals surface area contributed by atoms with E-state index in [-0.39, 0.29) is 31.0 Å². The van der Waals surface area contributed by atoms with Gasteiger partial charge in [-0.05, 0) is 17.7 Å². The average Bonchev–Trinajstić information content (AvgIpc) is 2.76. The molecule has 0 bridgehead atoms. The first kappa shape index (κ1) is 17.7. The molecule has 3 N–H and O–H groups in total. The minimum atomic E-state index is -3.70. The molecule has 0 spiro atoms. The summed E-state index contributed by atoms with van der Waals surface area (Å²) in [4.78, 5) is 24.8. The van der Waals surface area contributed by atoms with E-state index in [1.807, 2.05) is 0 Å². The summed E-state index contributed by atoms with van der Waals surface area (Å²) in [6.07, 6.45) is 0.112. The molecule has 126 valence electrons. The highest BCUT2D eigenvalue weighted by atomic mass is 35.5. The number of aliphatic carboxylic acids is 1. The van der Waals surface area contributed by atoms with Gasteiger partial charge in [0.05, 0.1) is 5.75 Å². The van der Waals surface area contributed by atoms with Gasteiger partial charge in [-0.15, -0.1) is 0 Å². The Balaban J connectivity index is 2.13. The van der Waals surface area contributed by atoms with E-state index in [1.165, 1.54) is 4.90 Å². The number of carbonyl (C=O) groups is 2. The van der Waals surface area contributed by atoms with Crippen molar-refractivity contribution in [1.29, 1.82) is 0 Å². The van der Waals surface area contributed by atoms with Crippen LogP contribution in [0, 0.1) is 5.92 Å². The molecule has 7 nitrogen and oxygen atoms in total. The maximum absolute atomic E-state index is 12.1. The number of hydrogen-bond donors (Lipinski definition) is 2. The summed E-state index contributed by atoms with van der Waals surface area (Å²) in [6, 6.07) is 5.63. The molecular formula is C14H17ClN2O5S. The molecule has 9 heteroatoms. The third kappa shape index (κ3) is 4.92. The quantitative estimate of drug-likeness (QED) is 0.764. The van der Waals surface area contributed by atoms with E-state index in [0.29, 0.717) is 5.02 Å². The molecule has 2 rings (SSSR count). The number of hydrogen-bond acceptors (Lipinski definition) is 4. The summed E-state index contributed by atoms with van der Waals surface area (Å²) < 4.78 is 22.3. The van der Waals surface area contributed by atoms with Crippen molar-refractivity contribution < 1.29 is 23.1 Å². The highest BCUT2D eigenvalue weighted by Gasteiger charge is 2.38. The molecule has 2 atom stereocenters. The van der Waals surface area contributed by atoms with E-state index >= 15 is 0 Å². The third-order valence-corrected chi connectivity index (χ3v) is 4.90. The van der Waals surface area contributed by atoms with Crippen LogP contribution in [0.2, 0.25) is 5.02 Å². The largest absolute Gasteiger partial charge is 0.480 e. The Bertz CT molecular complexity index is 704. The summed E-state index contributed by atoms with van der Waals surface area (Å²) in [5, 5.41) is 15.0. The van der Waals surface area contributed by atoms with Crippen LogP contribution in [0.5, 0.6) is 0 Å². The molecule has 0 aromatic heterocycles. The SMILES string of the molecule is NS(=O)(=O)CC1CC(=O)N(C(Cc2ccc(Cl)cc2)C(=O)O)C1. The molecule has 1 amide bonds. The van der Waals surface area contributed by atoms with E-state index in [2.05, 4.69) is 0 Å². The van der Waals surface area contributed by atoms with Gasteiger partial charge in [0, 0.05) is 30.3 Å². The highest BCUT2D eigenvalue weighted by Crippen LogP contribution is 2.23. The molecule has 0 radical (unpaired) electrons. The van der Waals surface area contributed by atoms with Crippen LogP contribution in [-0.4, -0.2) is 48.6 Å². The predicted octanol–water partition coefficient (Wildman–Crippen LogP) is 0.473. The number of carboxylic acid groups (broad SMARTS) is 1. The monoisotopic (exact) mass is 360 g/mol. The number of likely N-dealkylation sites (tertiary alicyclic amines) is 1. The average molecular weight is 361 g/mol. The van der Waals surface area contributed by atoms with Crippen molar-refractivity contribution in [3.8, 4) is 0 Å². The van der Waals surface area contributed by atoms with Crippen LogP contribution in [0.4, 0.5) is 0 Å². The lowest BCUT2D eigenvalue weighted by Crippen LogP contribution is -2.44. The number of nitrogens with zero attached hydrogens (tertiary/aromatic N) is 1. The Hall–Kier alpha value is -1.64. The van der Waals surface area contributed by atoms with Crippen molar-refractivity contribution in [2.24, 2.45) is 11.1 Å². The molecule has 1 saturated heterocycles. The van der Waals surface area contributed by atoms with Crippen LogP contribution >= 0.6 is 11.6 Å². The van der Waals surface area contributed by atoms with Gasteiger partial charge in [-0.3, -0.25) is 4.79 Å². The van der Waals surface area contributed by atoms with Gasteiger partial charge in [0.2, 0.25) is 15.9 Å². The minimum absolute atomic E-state index is 0.0131. The Morgan fingerprint density at radius 2 is 2.00 bits per heavy atom. The Morgan fingerprint density at radius 1 is 1.39 bits per heavy atom. The van der Waals surface area contributed by atoms with Crippen LogP contribution in [-0.2, 0) is 26.0 Å².